The molecule has 0 bridgehead atoms. The monoisotopic (exact) mass is 282 g/mol. The molecule has 2 N–H and O–H groups in total. The number of halogens is 3. The molecule has 0 amide bonds. The lowest BCUT2D eigenvalue weighted by Crippen LogP contribution is -2.32. The van der Waals surface area contributed by atoms with Crippen LogP contribution in [0.25, 0.3) is 10.9 Å². The molecule has 0 aliphatic heterocycles. The summed E-state index contributed by atoms with van der Waals surface area (Å²) in [6.45, 7) is 0. The number of H-pyrrole nitrogens is 1. The lowest BCUT2D eigenvalue weighted by atomic mass is 10.0. The Labute approximate surface area is 108 Å². The number of rotatable bonds is 2. The highest BCUT2D eigenvalue weighted by Gasteiger charge is 2.43. The predicted molar refractivity (Wildman–Crippen MR) is 60.8 cm³/mol. The number of aliphatic carboxylic acids is 1. The van der Waals surface area contributed by atoms with Crippen molar-refractivity contribution in [1.29, 1.82) is 5.26 Å². The molecular weight excluding hydrogens is 277 g/mol. The van der Waals surface area contributed by atoms with E-state index in [4.69, 9.17) is 10.4 Å². The van der Waals surface area contributed by atoms with Crippen LogP contribution in [0.4, 0.5) is 13.2 Å². The smallest absolute Gasteiger partial charge is 0.379 e. The molecule has 102 valence electrons. The van der Waals surface area contributed by atoms with Crippen molar-refractivity contribution in [3.05, 3.63) is 45.5 Å². The summed E-state index contributed by atoms with van der Waals surface area (Å²) in [5, 5.41) is 16.9. The zero-order valence-electron chi connectivity index (χ0n) is 9.58. The van der Waals surface area contributed by atoms with Gasteiger partial charge in [0.2, 0.25) is 0 Å². The molecule has 0 saturated carbocycles. The van der Waals surface area contributed by atoms with E-state index in [2.05, 4.69) is 0 Å². The summed E-state index contributed by atoms with van der Waals surface area (Å²) in [5.74, 6) is -7.92. The van der Waals surface area contributed by atoms with Crippen LogP contribution in [0.15, 0.2) is 23.0 Å². The number of pyridine rings is 1. The number of hydrogen-bond acceptors (Lipinski definition) is 3. The van der Waals surface area contributed by atoms with Crippen LogP contribution >= 0.6 is 0 Å². The molecule has 0 unspecified atom stereocenters. The van der Waals surface area contributed by atoms with E-state index in [0.29, 0.717) is 6.07 Å². The number of benzene rings is 1. The van der Waals surface area contributed by atoms with E-state index >= 15 is 0 Å². The molecule has 1 heterocycles. The minimum absolute atomic E-state index is 0.0436. The number of alkyl halides is 2. The summed E-state index contributed by atoms with van der Waals surface area (Å²) >= 11 is 0. The quantitative estimate of drug-likeness (QED) is 0.876. The van der Waals surface area contributed by atoms with Crippen LogP contribution in [0.3, 0.4) is 0 Å². The van der Waals surface area contributed by atoms with Gasteiger partial charge in [-0.05, 0) is 18.2 Å². The molecule has 0 aliphatic carbocycles. The van der Waals surface area contributed by atoms with E-state index in [9.17, 15) is 22.8 Å². The van der Waals surface area contributed by atoms with Crippen molar-refractivity contribution in [2.75, 3.05) is 0 Å². The lowest BCUT2D eigenvalue weighted by molar-refractivity contribution is -0.166. The molecule has 0 atom stereocenters. The summed E-state index contributed by atoms with van der Waals surface area (Å²) in [5.41, 5.74) is -3.28. The van der Waals surface area contributed by atoms with Gasteiger partial charge >= 0.3 is 11.9 Å². The maximum Gasteiger partial charge on any atom is 0.379 e. The van der Waals surface area contributed by atoms with Crippen LogP contribution in [-0.2, 0) is 10.7 Å². The summed E-state index contributed by atoms with van der Waals surface area (Å²) < 4.78 is 40.2. The molecule has 20 heavy (non-hydrogen) atoms. The second-order valence-electron chi connectivity index (χ2n) is 3.89. The van der Waals surface area contributed by atoms with Gasteiger partial charge in [0.15, 0.2) is 0 Å². The largest absolute Gasteiger partial charge is 0.477 e. The summed E-state index contributed by atoms with van der Waals surface area (Å²) in [6, 6.07) is 3.98. The Bertz CT molecular complexity index is 821. The lowest BCUT2D eigenvalue weighted by Gasteiger charge is -2.11. The molecule has 0 aliphatic rings. The molecule has 1 aromatic carbocycles. The zero-order valence-corrected chi connectivity index (χ0v) is 9.58. The average molecular weight is 282 g/mol. The third-order valence-corrected chi connectivity index (χ3v) is 2.69. The van der Waals surface area contributed by atoms with Crippen molar-refractivity contribution >= 4 is 16.9 Å². The third kappa shape index (κ3) is 1.89. The molecule has 2 rings (SSSR count). The highest BCUT2D eigenvalue weighted by molar-refractivity contribution is 5.87. The molecule has 0 radical (unpaired) electrons. The number of nitrogens with zero attached hydrogens (tertiary/aromatic N) is 1. The Kier molecular flexibility index (Phi) is 2.98. The van der Waals surface area contributed by atoms with Gasteiger partial charge in [-0.2, -0.15) is 14.0 Å². The van der Waals surface area contributed by atoms with Gasteiger partial charge in [-0.3, -0.25) is 4.79 Å². The van der Waals surface area contributed by atoms with Gasteiger partial charge < -0.3 is 10.1 Å². The molecule has 2 aromatic rings. The Morgan fingerprint density at radius 1 is 1.40 bits per heavy atom. The predicted octanol–water partition coefficient (Wildman–Crippen LogP) is 1.72. The Morgan fingerprint density at radius 3 is 2.60 bits per heavy atom. The SMILES string of the molecule is N#Cc1c(F)ccc2[nH]c(=O)c(C(F)(F)C(=O)O)cc12. The first-order valence-corrected chi connectivity index (χ1v) is 5.16. The Hall–Kier alpha value is -2.82. The summed E-state index contributed by atoms with van der Waals surface area (Å²) in [7, 11) is 0. The summed E-state index contributed by atoms with van der Waals surface area (Å²) in [4.78, 5) is 24.0. The number of carboxylic acids is 1. The molecule has 0 saturated heterocycles. The van der Waals surface area contributed by atoms with E-state index < -0.39 is 34.4 Å². The van der Waals surface area contributed by atoms with Gasteiger partial charge in [0.1, 0.15) is 11.9 Å². The topological polar surface area (TPSA) is 94.0 Å². The van der Waals surface area contributed by atoms with Crippen LogP contribution in [0, 0.1) is 17.1 Å². The standard InChI is InChI=1S/C12H5F3N2O3/c13-8-1-2-9-5(6(8)4-16)3-7(10(18)17-9)12(14,15)11(19)20/h1-3H,(H,17,18)(H,19,20). The van der Waals surface area contributed by atoms with Crippen LogP contribution in [0.5, 0.6) is 0 Å². The van der Waals surface area contributed by atoms with Crippen molar-refractivity contribution in [3.63, 3.8) is 0 Å². The van der Waals surface area contributed by atoms with Crippen LogP contribution in [0.2, 0.25) is 0 Å². The van der Waals surface area contributed by atoms with Crippen molar-refractivity contribution in [2.24, 2.45) is 0 Å². The van der Waals surface area contributed by atoms with E-state index in [1.54, 1.807) is 0 Å². The highest BCUT2D eigenvalue weighted by Crippen LogP contribution is 2.28. The summed E-state index contributed by atoms with van der Waals surface area (Å²) in [6.07, 6.45) is 0. The number of aromatic amines is 1. The van der Waals surface area contributed by atoms with E-state index in [0.717, 1.165) is 12.1 Å². The number of nitrogens with one attached hydrogen (secondary N) is 1. The van der Waals surface area contributed by atoms with Gasteiger partial charge in [0.05, 0.1) is 11.1 Å². The van der Waals surface area contributed by atoms with Gasteiger partial charge in [-0.1, -0.05) is 0 Å². The first kappa shape index (κ1) is 13.6. The molecule has 1 aromatic heterocycles. The Balaban J connectivity index is 2.91. The van der Waals surface area contributed by atoms with E-state index in [1.165, 1.54) is 6.07 Å². The fourth-order valence-corrected chi connectivity index (χ4v) is 1.71. The minimum atomic E-state index is -4.44. The molecule has 5 nitrogen and oxygen atoms in total. The molecule has 8 heteroatoms. The van der Waals surface area contributed by atoms with Gasteiger partial charge in [0.25, 0.3) is 5.56 Å². The van der Waals surface area contributed by atoms with Gasteiger partial charge in [-0.15, -0.1) is 0 Å². The number of fused-ring (bicyclic) bond motifs is 1. The maximum absolute atomic E-state index is 13.4. The maximum atomic E-state index is 13.4. The van der Waals surface area contributed by atoms with Crippen molar-refractivity contribution < 1.29 is 23.1 Å². The van der Waals surface area contributed by atoms with Crippen LogP contribution in [-0.4, -0.2) is 16.1 Å². The first-order chi connectivity index (χ1) is 9.28. The van der Waals surface area contributed by atoms with E-state index in [1.807, 2.05) is 4.98 Å². The number of carboxylic acid groups (broad SMARTS) is 1. The average Bonchev–Trinajstić information content (AvgIpc) is 2.38. The van der Waals surface area contributed by atoms with Crippen LogP contribution < -0.4 is 5.56 Å². The molecule has 0 spiro atoms. The fourth-order valence-electron chi connectivity index (χ4n) is 1.71. The zero-order chi connectivity index (χ0) is 15.1. The van der Waals surface area contributed by atoms with E-state index in [-0.39, 0.29) is 10.9 Å². The second-order valence-corrected chi connectivity index (χ2v) is 3.89. The highest BCUT2D eigenvalue weighted by atomic mass is 19.3. The number of hydrogen-bond donors (Lipinski definition) is 2. The van der Waals surface area contributed by atoms with Crippen LogP contribution in [0.1, 0.15) is 11.1 Å². The number of nitriles is 1. The third-order valence-electron chi connectivity index (χ3n) is 2.69. The minimum Gasteiger partial charge on any atom is -0.477 e. The van der Waals surface area contributed by atoms with Gasteiger partial charge in [-0.25, -0.2) is 9.18 Å². The normalized spacial score (nSPS) is 11.3. The molecular formula is C12H5F3N2O3. The molecule has 0 fully saturated rings. The number of carbonyl (C=O) groups is 1. The van der Waals surface area contributed by atoms with Crippen molar-refractivity contribution in [3.8, 4) is 6.07 Å². The van der Waals surface area contributed by atoms with Gasteiger partial charge in [0, 0.05) is 10.9 Å². The van der Waals surface area contributed by atoms with Crippen molar-refractivity contribution in [1.82, 2.24) is 4.98 Å². The fraction of sp³-hybridized carbons (Fsp3) is 0.0833. The Morgan fingerprint density at radius 2 is 2.05 bits per heavy atom. The second kappa shape index (κ2) is 4.38. The first-order valence-electron chi connectivity index (χ1n) is 5.16. The van der Waals surface area contributed by atoms with Crippen molar-refractivity contribution in [2.45, 2.75) is 5.92 Å². The number of aromatic nitrogens is 1.